The molecule has 1 heterocycles. The summed E-state index contributed by atoms with van der Waals surface area (Å²) in [6.45, 7) is 2.14. The van der Waals surface area contributed by atoms with Gasteiger partial charge in [0.15, 0.2) is 0 Å². The molecule has 1 aliphatic heterocycles. The van der Waals surface area contributed by atoms with Crippen LogP contribution in [0.4, 0.5) is 10.5 Å². The molecule has 0 saturated carbocycles. The number of halogens is 1. The highest BCUT2D eigenvalue weighted by Crippen LogP contribution is 2.37. The summed E-state index contributed by atoms with van der Waals surface area (Å²) in [6.07, 6.45) is 1.26. The average Bonchev–Trinajstić information content (AvgIpc) is 2.94. The normalized spacial score (nSPS) is 15.2. The number of carbonyl (C=O) groups excluding carboxylic acids is 2. The molecule has 0 unspecified atom stereocenters. The lowest BCUT2D eigenvalue weighted by molar-refractivity contribution is -0.385. The molecule has 3 rings (SSSR count). The molecule has 2 aromatic carbocycles. The van der Waals surface area contributed by atoms with Gasteiger partial charge in [-0.25, -0.2) is 0 Å². The number of nitro groups is 1. The largest absolute Gasteiger partial charge is 0.506 e. The summed E-state index contributed by atoms with van der Waals surface area (Å²) in [6, 6.07) is 9.66. The zero-order chi connectivity index (χ0) is 21.1. The number of aryl methyl sites for hydroxylation is 1. The molecule has 0 radical (unpaired) electrons. The van der Waals surface area contributed by atoms with Crippen LogP contribution in [0.15, 0.2) is 45.8 Å². The molecular formula is C19H15BrN2O6S. The number of aromatic hydroxyl groups is 1. The maximum absolute atomic E-state index is 12.6. The second-order valence-electron chi connectivity index (χ2n) is 6.12. The number of hydrogen-bond acceptors (Lipinski definition) is 7. The van der Waals surface area contributed by atoms with Crippen LogP contribution < -0.4 is 4.74 Å². The first-order valence-corrected chi connectivity index (χ1v) is 9.99. The number of imide groups is 1. The molecule has 2 amide bonds. The third kappa shape index (κ3) is 4.77. The van der Waals surface area contributed by atoms with E-state index in [4.69, 9.17) is 4.74 Å². The summed E-state index contributed by atoms with van der Waals surface area (Å²) in [7, 11) is 0. The van der Waals surface area contributed by atoms with Gasteiger partial charge in [-0.3, -0.25) is 24.6 Å². The number of carbonyl (C=O) groups is 2. The summed E-state index contributed by atoms with van der Waals surface area (Å²) in [4.78, 5) is 36.2. The van der Waals surface area contributed by atoms with Crippen LogP contribution in [-0.4, -0.2) is 39.2 Å². The predicted octanol–water partition coefficient (Wildman–Crippen LogP) is 4.49. The minimum absolute atomic E-state index is 0.0560. The van der Waals surface area contributed by atoms with Crippen molar-refractivity contribution in [3.8, 4) is 11.5 Å². The molecule has 1 fully saturated rings. The van der Waals surface area contributed by atoms with Crippen molar-refractivity contribution in [1.29, 1.82) is 0 Å². The third-order valence-corrected chi connectivity index (χ3v) is 5.57. The highest BCUT2D eigenvalue weighted by atomic mass is 79.9. The van der Waals surface area contributed by atoms with Crippen LogP contribution >= 0.6 is 27.7 Å². The van der Waals surface area contributed by atoms with Gasteiger partial charge in [-0.2, -0.15) is 0 Å². The SMILES string of the molecule is Cc1ccc(OCCN2C(=O)S/C(=C\c3cc([N+](=O)[O-])cc(Br)c3O)C2=O)cc1. The summed E-state index contributed by atoms with van der Waals surface area (Å²) in [5.41, 5.74) is 0.892. The smallest absolute Gasteiger partial charge is 0.293 e. The molecule has 150 valence electrons. The summed E-state index contributed by atoms with van der Waals surface area (Å²) < 4.78 is 5.67. The van der Waals surface area contributed by atoms with Crippen LogP contribution in [0.25, 0.3) is 6.08 Å². The van der Waals surface area contributed by atoms with Gasteiger partial charge in [0.25, 0.3) is 16.8 Å². The van der Waals surface area contributed by atoms with E-state index in [2.05, 4.69) is 15.9 Å². The number of nitrogens with zero attached hydrogens (tertiary/aromatic N) is 2. The minimum Gasteiger partial charge on any atom is -0.506 e. The van der Waals surface area contributed by atoms with Gasteiger partial charge in [0.1, 0.15) is 18.1 Å². The number of phenols is 1. The van der Waals surface area contributed by atoms with E-state index in [0.29, 0.717) is 17.5 Å². The number of hydrogen-bond donors (Lipinski definition) is 1. The Hall–Kier alpha value is -2.85. The summed E-state index contributed by atoms with van der Waals surface area (Å²) >= 11 is 3.75. The number of non-ortho nitro benzene ring substituents is 1. The van der Waals surface area contributed by atoms with Crippen LogP contribution in [-0.2, 0) is 4.79 Å². The van der Waals surface area contributed by atoms with Crippen LogP contribution in [0.2, 0.25) is 0 Å². The van der Waals surface area contributed by atoms with Crippen LogP contribution in [0, 0.1) is 17.0 Å². The fraction of sp³-hybridized carbons (Fsp3) is 0.158. The maximum Gasteiger partial charge on any atom is 0.293 e. The molecule has 1 saturated heterocycles. The fourth-order valence-corrected chi connectivity index (χ4v) is 3.86. The van der Waals surface area contributed by atoms with Gasteiger partial charge in [-0.15, -0.1) is 0 Å². The van der Waals surface area contributed by atoms with Crippen molar-refractivity contribution >= 4 is 50.6 Å². The number of rotatable bonds is 6. The Morgan fingerprint density at radius 3 is 2.62 bits per heavy atom. The van der Waals surface area contributed by atoms with Gasteiger partial charge in [0.05, 0.1) is 20.8 Å². The Balaban J connectivity index is 1.73. The van der Waals surface area contributed by atoms with Crippen molar-refractivity contribution in [3.05, 3.63) is 67.0 Å². The van der Waals surface area contributed by atoms with Crippen molar-refractivity contribution < 1.29 is 24.4 Å². The third-order valence-electron chi connectivity index (χ3n) is 4.05. The Bertz CT molecular complexity index is 1020. The first kappa shape index (κ1) is 20.9. The van der Waals surface area contributed by atoms with Gasteiger partial charge in [0, 0.05) is 17.7 Å². The number of amides is 2. The lowest BCUT2D eigenvalue weighted by Crippen LogP contribution is -2.32. The first-order valence-electron chi connectivity index (χ1n) is 8.38. The van der Waals surface area contributed by atoms with E-state index >= 15 is 0 Å². The second-order valence-corrected chi connectivity index (χ2v) is 7.96. The fourth-order valence-electron chi connectivity index (χ4n) is 2.54. The van der Waals surface area contributed by atoms with Crippen LogP contribution in [0.1, 0.15) is 11.1 Å². The molecule has 0 aromatic heterocycles. The Morgan fingerprint density at radius 1 is 1.28 bits per heavy atom. The van der Waals surface area contributed by atoms with Crippen molar-refractivity contribution in [2.45, 2.75) is 6.92 Å². The van der Waals surface area contributed by atoms with E-state index in [0.717, 1.165) is 22.6 Å². The van der Waals surface area contributed by atoms with Crippen LogP contribution in [0.5, 0.6) is 11.5 Å². The zero-order valence-electron chi connectivity index (χ0n) is 15.1. The average molecular weight is 479 g/mol. The topological polar surface area (TPSA) is 110 Å². The van der Waals surface area contributed by atoms with Gasteiger partial charge >= 0.3 is 0 Å². The van der Waals surface area contributed by atoms with Crippen LogP contribution in [0.3, 0.4) is 0 Å². The highest BCUT2D eigenvalue weighted by molar-refractivity contribution is 9.10. The molecule has 29 heavy (non-hydrogen) atoms. The molecule has 2 aromatic rings. The van der Waals surface area contributed by atoms with Crippen molar-refractivity contribution in [2.24, 2.45) is 0 Å². The Kier molecular flexibility index (Phi) is 6.23. The number of phenolic OH excluding ortho intramolecular Hbond substituents is 1. The monoisotopic (exact) mass is 478 g/mol. The predicted molar refractivity (Wildman–Crippen MR) is 112 cm³/mol. The van der Waals surface area contributed by atoms with Crippen molar-refractivity contribution in [3.63, 3.8) is 0 Å². The molecule has 0 atom stereocenters. The summed E-state index contributed by atoms with van der Waals surface area (Å²) in [5, 5.41) is 20.7. The molecule has 0 aliphatic carbocycles. The summed E-state index contributed by atoms with van der Waals surface area (Å²) in [5.74, 6) is -0.177. The van der Waals surface area contributed by atoms with Gasteiger partial charge in [0.2, 0.25) is 0 Å². The second kappa shape index (κ2) is 8.66. The van der Waals surface area contributed by atoms with Crippen molar-refractivity contribution in [2.75, 3.05) is 13.2 Å². The quantitative estimate of drug-likeness (QED) is 0.369. The van der Waals surface area contributed by atoms with Gasteiger partial charge in [-0.1, -0.05) is 17.7 Å². The van der Waals surface area contributed by atoms with Gasteiger partial charge in [-0.05, 0) is 52.8 Å². The first-order chi connectivity index (χ1) is 13.8. The number of benzene rings is 2. The standard InChI is InChI=1S/C19H15BrN2O6S/c1-11-2-4-14(5-3-11)28-7-6-21-18(24)16(29-19(21)25)9-12-8-13(22(26)27)10-15(20)17(12)23/h2-5,8-10,23H,6-7H2,1H3/b16-9-. The van der Waals surface area contributed by atoms with E-state index in [1.54, 1.807) is 12.1 Å². The van der Waals surface area contributed by atoms with Gasteiger partial charge < -0.3 is 9.84 Å². The van der Waals surface area contributed by atoms with E-state index in [1.165, 1.54) is 6.08 Å². The molecule has 0 bridgehead atoms. The zero-order valence-corrected chi connectivity index (χ0v) is 17.5. The number of ether oxygens (including phenoxy) is 1. The Labute approximate surface area is 178 Å². The highest BCUT2D eigenvalue weighted by Gasteiger charge is 2.35. The van der Waals surface area contributed by atoms with Crippen molar-refractivity contribution in [1.82, 2.24) is 4.90 Å². The molecule has 1 aliphatic rings. The van der Waals surface area contributed by atoms with E-state index < -0.39 is 16.1 Å². The molecule has 10 heteroatoms. The van der Waals surface area contributed by atoms with E-state index in [1.807, 2.05) is 19.1 Å². The maximum atomic E-state index is 12.6. The molecule has 1 N–H and O–H groups in total. The lowest BCUT2D eigenvalue weighted by Gasteiger charge is -2.13. The van der Waals surface area contributed by atoms with E-state index in [-0.39, 0.29) is 39.5 Å². The molecular weight excluding hydrogens is 464 g/mol. The number of thioether (sulfide) groups is 1. The number of nitro benzene ring substituents is 1. The van der Waals surface area contributed by atoms with E-state index in [9.17, 15) is 24.8 Å². The molecule has 0 spiro atoms. The molecule has 8 nitrogen and oxygen atoms in total. The minimum atomic E-state index is -0.615. The lowest BCUT2D eigenvalue weighted by atomic mass is 10.1. The Morgan fingerprint density at radius 2 is 1.97 bits per heavy atom.